The van der Waals surface area contributed by atoms with Crippen molar-refractivity contribution in [1.29, 1.82) is 0 Å². The molecule has 0 aliphatic rings. The van der Waals surface area contributed by atoms with Crippen molar-refractivity contribution in [2.75, 3.05) is 7.11 Å². The fraction of sp³-hybridized carbons (Fsp3) is 0.250. The summed E-state index contributed by atoms with van der Waals surface area (Å²) in [5, 5.41) is 8.68. The van der Waals surface area contributed by atoms with Crippen LogP contribution in [-0.4, -0.2) is 18.2 Å². The molecule has 80 valence electrons. The molecule has 0 unspecified atom stereocenters. The van der Waals surface area contributed by atoms with Crippen molar-refractivity contribution >= 4 is 11.5 Å². The van der Waals surface area contributed by atoms with Gasteiger partial charge in [-0.05, 0) is 24.6 Å². The fourth-order valence-electron chi connectivity index (χ4n) is 1.38. The summed E-state index contributed by atoms with van der Waals surface area (Å²) in [6, 6.07) is 5.61. The topological polar surface area (TPSA) is 46.5 Å². The van der Waals surface area contributed by atoms with Gasteiger partial charge < -0.3 is 9.84 Å². The molecule has 1 aromatic rings. The van der Waals surface area contributed by atoms with Crippen molar-refractivity contribution in [3.8, 4) is 5.75 Å². The zero-order chi connectivity index (χ0) is 11.4. The first-order valence-electron chi connectivity index (χ1n) is 4.59. The highest BCUT2D eigenvalue weighted by Gasteiger charge is 2.09. The summed E-state index contributed by atoms with van der Waals surface area (Å²) < 4.78 is 5.15. The van der Waals surface area contributed by atoms with Crippen molar-refractivity contribution in [3.05, 3.63) is 35.9 Å². The first kappa shape index (κ1) is 11.3. The monoisotopic (exact) mass is 206 g/mol. The molecular weight excluding hydrogens is 192 g/mol. The highest BCUT2D eigenvalue weighted by molar-refractivity contribution is 5.84. The number of methoxy groups -OCH3 is 1. The largest absolute Gasteiger partial charge is 0.496 e. The number of ether oxygens (including phenoxy) is 1. The van der Waals surface area contributed by atoms with Gasteiger partial charge in [0.05, 0.1) is 13.5 Å². The van der Waals surface area contributed by atoms with E-state index in [4.69, 9.17) is 9.84 Å². The summed E-state index contributed by atoms with van der Waals surface area (Å²) in [4.78, 5) is 10.6. The molecule has 0 spiro atoms. The molecule has 0 saturated carbocycles. The average molecular weight is 206 g/mol. The van der Waals surface area contributed by atoms with Gasteiger partial charge in [-0.3, -0.25) is 4.79 Å². The van der Waals surface area contributed by atoms with Gasteiger partial charge >= 0.3 is 5.97 Å². The number of rotatable bonds is 4. The van der Waals surface area contributed by atoms with Gasteiger partial charge in [0.1, 0.15) is 5.75 Å². The minimum absolute atomic E-state index is 0.0696. The van der Waals surface area contributed by atoms with Crippen LogP contribution >= 0.6 is 0 Å². The summed E-state index contributed by atoms with van der Waals surface area (Å²) in [7, 11) is 1.56. The number of carboxylic acid groups (broad SMARTS) is 1. The summed E-state index contributed by atoms with van der Waals surface area (Å²) >= 11 is 0. The highest BCUT2D eigenvalue weighted by Crippen LogP contribution is 2.27. The zero-order valence-electron chi connectivity index (χ0n) is 8.91. The molecule has 0 saturated heterocycles. The molecule has 1 aromatic carbocycles. The number of benzene rings is 1. The lowest BCUT2D eigenvalue weighted by Gasteiger charge is -2.10. The van der Waals surface area contributed by atoms with Crippen molar-refractivity contribution in [3.63, 3.8) is 0 Å². The van der Waals surface area contributed by atoms with Gasteiger partial charge in [-0.15, -0.1) is 0 Å². The number of aliphatic carboxylic acids is 1. The third-order valence-electron chi connectivity index (χ3n) is 2.10. The van der Waals surface area contributed by atoms with Gasteiger partial charge in [-0.1, -0.05) is 18.2 Å². The van der Waals surface area contributed by atoms with Gasteiger partial charge in [0.2, 0.25) is 0 Å². The van der Waals surface area contributed by atoms with Crippen molar-refractivity contribution in [1.82, 2.24) is 0 Å². The molecule has 0 aromatic heterocycles. The Morgan fingerprint density at radius 2 is 2.20 bits per heavy atom. The highest BCUT2D eigenvalue weighted by atomic mass is 16.5. The molecule has 1 N–H and O–H groups in total. The van der Waals surface area contributed by atoms with E-state index in [1.807, 2.05) is 25.1 Å². The molecule has 0 radical (unpaired) electrons. The van der Waals surface area contributed by atoms with Crippen LogP contribution in [0.25, 0.3) is 5.57 Å². The van der Waals surface area contributed by atoms with Gasteiger partial charge in [0.25, 0.3) is 0 Å². The lowest BCUT2D eigenvalue weighted by atomic mass is 10.0. The molecule has 0 aliphatic heterocycles. The first-order valence-corrected chi connectivity index (χ1v) is 4.59. The van der Waals surface area contributed by atoms with Crippen molar-refractivity contribution in [2.45, 2.75) is 13.3 Å². The standard InChI is InChI=1S/C12H14O3/c1-8-4-5-11(15-3)10(6-8)9(2)7-12(13)14/h4-6H,2,7H2,1,3H3,(H,13,14). The predicted octanol–water partition coefficient (Wildman–Crippen LogP) is 2.49. The molecular formula is C12H14O3. The Balaban J connectivity index is 3.05. The smallest absolute Gasteiger partial charge is 0.307 e. The quantitative estimate of drug-likeness (QED) is 0.823. The average Bonchev–Trinajstić information content (AvgIpc) is 2.16. The molecule has 1 rings (SSSR count). The van der Waals surface area contributed by atoms with Crippen LogP contribution in [0.5, 0.6) is 5.75 Å². The molecule has 0 amide bonds. The number of hydrogen-bond acceptors (Lipinski definition) is 2. The predicted molar refractivity (Wildman–Crippen MR) is 59.0 cm³/mol. The third kappa shape index (κ3) is 2.84. The van der Waals surface area contributed by atoms with E-state index >= 15 is 0 Å². The van der Waals surface area contributed by atoms with Crippen LogP contribution in [0, 0.1) is 6.92 Å². The third-order valence-corrected chi connectivity index (χ3v) is 2.10. The molecule has 3 nitrogen and oxygen atoms in total. The van der Waals surface area contributed by atoms with Crippen LogP contribution in [0.1, 0.15) is 17.5 Å². The van der Waals surface area contributed by atoms with Crippen LogP contribution in [0.2, 0.25) is 0 Å². The van der Waals surface area contributed by atoms with E-state index in [1.54, 1.807) is 7.11 Å². The zero-order valence-corrected chi connectivity index (χ0v) is 8.91. The van der Waals surface area contributed by atoms with E-state index in [-0.39, 0.29) is 6.42 Å². The Hall–Kier alpha value is -1.77. The van der Waals surface area contributed by atoms with E-state index in [9.17, 15) is 4.79 Å². The van der Waals surface area contributed by atoms with Crippen LogP contribution in [0.15, 0.2) is 24.8 Å². The van der Waals surface area contributed by atoms with E-state index in [2.05, 4.69) is 6.58 Å². The lowest BCUT2D eigenvalue weighted by molar-refractivity contribution is -0.135. The second kappa shape index (κ2) is 4.64. The second-order valence-corrected chi connectivity index (χ2v) is 3.38. The van der Waals surface area contributed by atoms with E-state index in [0.29, 0.717) is 11.3 Å². The number of carbonyl (C=O) groups is 1. The number of aryl methyl sites for hydroxylation is 1. The van der Waals surface area contributed by atoms with Crippen molar-refractivity contribution in [2.24, 2.45) is 0 Å². The molecule has 0 aliphatic carbocycles. The van der Waals surface area contributed by atoms with Gasteiger partial charge in [0, 0.05) is 5.56 Å². The summed E-state index contributed by atoms with van der Waals surface area (Å²) in [6.07, 6.45) is -0.0696. The SMILES string of the molecule is C=C(CC(=O)O)c1cc(C)ccc1OC. The normalized spacial score (nSPS) is 9.73. The van der Waals surface area contributed by atoms with Gasteiger partial charge in [-0.2, -0.15) is 0 Å². The van der Waals surface area contributed by atoms with E-state index in [1.165, 1.54) is 0 Å². The van der Waals surface area contributed by atoms with Crippen LogP contribution in [-0.2, 0) is 4.79 Å². The molecule has 0 heterocycles. The second-order valence-electron chi connectivity index (χ2n) is 3.38. The molecule has 0 atom stereocenters. The number of carboxylic acids is 1. The minimum Gasteiger partial charge on any atom is -0.496 e. The summed E-state index contributed by atoms with van der Waals surface area (Å²) in [5.41, 5.74) is 2.38. The molecule has 0 fully saturated rings. The van der Waals surface area contributed by atoms with Gasteiger partial charge in [0.15, 0.2) is 0 Å². The molecule has 15 heavy (non-hydrogen) atoms. The maximum Gasteiger partial charge on any atom is 0.307 e. The Labute approximate surface area is 89.0 Å². The summed E-state index contributed by atoms with van der Waals surface area (Å²) in [6.45, 7) is 5.70. The number of hydrogen-bond donors (Lipinski definition) is 1. The van der Waals surface area contributed by atoms with Gasteiger partial charge in [-0.25, -0.2) is 0 Å². The maximum atomic E-state index is 10.6. The lowest BCUT2D eigenvalue weighted by Crippen LogP contribution is -1.98. The Kier molecular flexibility index (Phi) is 3.50. The van der Waals surface area contributed by atoms with Crippen LogP contribution in [0.4, 0.5) is 0 Å². The fourth-order valence-corrected chi connectivity index (χ4v) is 1.38. The van der Waals surface area contributed by atoms with E-state index < -0.39 is 5.97 Å². The minimum atomic E-state index is -0.886. The van der Waals surface area contributed by atoms with Crippen molar-refractivity contribution < 1.29 is 14.6 Å². The molecule has 0 bridgehead atoms. The summed E-state index contributed by atoms with van der Waals surface area (Å²) in [5.74, 6) is -0.226. The maximum absolute atomic E-state index is 10.6. The first-order chi connectivity index (χ1) is 7.04. The van der Waals surface area contributed by atoms with Crippen LogP contribution < -0.4 is 4.74 Å². The molecule has 3 heteroatoms. The Bertz CT molecular complexity index is 394. The Morgan fingerprint density at radius 1 is 1.53 bits per heavy atom. The Morgan fingerprint density at radius 3 is 2.73 bits per heavy atom. The van der Waals surface area contributed by atoms with Crippen LogP contribution in [0.3, 0.4) is 0 Å². The van der Waals surface area contributed by atoms with E-state index in [0.717, 1.165) is 11.1 Å².